The number of aryl methyl sites for hydroxylation is 1. The van der Waals surface area contributed by atoms with Crippen molar-refractivity contribution in [2.45, 2.75) is 33.4 Å². The van der Waals surface area contributed by atoms with Crippen LogP contribution in [0.15, 0.2) is 70.6 Å². The fraction of sp³-hybridized carbons (Fsp3) is 0.259. The van der Waals surface area contributed by atoms with E-state index in [1.54, 1.807) is 62.5 Å². The molecule has 0 bridgehead atoms. The first kappa shape index (κ1) is 27.5. The minimum atomic E-state index is -0.796. The Morgan fingerprint density at radius 3 is 2.49 bits per heavy atom. The van der Waals surface area contributed by atoms with Crippen molar-refractivity contribution in [3.05, 3.63) is 98.2 Å². The lowest BCUT2D eigenvalue weighted by Gasteiger charge is -2.22. The number of carbonyl (C=O) groups is 1. The van der Waals surface area contributed by atoms with E-state index in [9.17, 15) is 14.4 Å². The highest BCUT2D eigenvalue weighted by molar-refractivity contribution is 6.30. The summed E-state index contributed by atoms with van der Waals surface area (Å²) in [7, 11) is 1.25. The number of hydrogen-bond acceptors (Lipinski definition) is 9. The molecule has 12 heteroatoms. The Morgan fingerprint density at radius 1 is 1.10 bits per heavy atom. The zero-order valence-corrected chi connectivity index (χ0v) is 22.5. The van der Waals surface area contributed by atoms with Gasteiger partial charge < -0.3 is 14.8 Å². The zero-order chi connectivity index (χ0) is 28.1. The number of aromatic nitrogens is 5. The smallest absolute Gasteiger partial charge is 0.355 e. The van der Waals surface area contributed by atoms with Crippen molar-refractivity contribution in [1.29, 1.82) is 0 Å². The summed E-state index contributed by atoms with van der Waals surface area (Å²) in [4.78, 5) is 51.2. The number of ether oxygens (including phenoxy) is 2. The van der Waals surface area contributed by atoms with Gasteiger partial charge in [0.2, 0.25) is 11.8 Å². The second kappa shape index (κ2) is 11.9. The van der Waals surface area contributed by atoms with Crippen molar-refractivity contribution in [1.82, 2.24) is 24.1 Å². The molecule has 0 saturated carbocycles. The second-order valence-electron chi connectivity index (χ2n) is 8.89. The average Bonchev–Trinajstić information content (AvgIpc) is 2.93. The van der Waals surface area contributed by atoms with Gasteiger partial charge in [-0.2, -0.15) is 4.98 Å². The Bertz CT molecular complexity index is 1590. The van der Waals surface area contributed by atoms with Crippen molar-refractivity contribution < 1.29 is 14.3 Å². The third-order valence-corrected chi connectivity index (χ3v) is 6.50. The van der Waals surface area contributed by atoms with Crippen LogP contribution in [0.2, 0.25) is 5.02 Å². The minimum Gasteiger partial charge on any atom is -0.469 e. The molecule has 2 aromatic carbocycles. The van der Waals surface area contributed by atoms with E-state index in [0.29, 0.717) is 22.3 Å². The summed E-state index contributed by atoms with van der Waals surface area (Å²) in [5.41, 5.74) is 0.677. The monoisotopic (exact) mass is 550 g/mol. The van der Waals surface area contributed by atoms with Gasteiger partial charge in [0.15, 0.2) is 0 Å². The van der Waals surface area contributed by atoms with Crippen LogP contribution in [-0.4, -0.2) is 37.2 Å². The summed E-state index contributed by atoms with van der Waals surface area (Å²) in [6.45, 7) is 5.13. The lowest BCUT2D eigenvalue weighted by Crippen LogP contribution is -2.46. The van der Waals surface area contributed by atoms with Crippen molar-refractivity contribution in [2.24, 2.45) is 5.92 Å². The first-order valence-electron chi connectivity index (χ1n) is 12.0. The fourth-order valence-electron chi connectivity index (χ4n) is 3.89. The van der Waals surface area contributed by atoms with E-state index in [1.807, 2.05) is 6.92 Å². The summed E-state index contributed by atoms with van der Waals surface area (Å²) in [5.74, 6) is -0.350. The summed E-state index contributed by atoms with van der Waals surface area (Å²) in [5, 5.41) is 3.63. The highest BCUT2D eigenvalue weighted by Gasteiger charge is 2.27. The van der Waals surface area contributed by atoms with E-state index in [4.69, 9.17) is 21.1 Å². The Hall–Kier alpha value is -4.51. The molecule has 0 amide bonds. The van der Waals surface area contributed by atoms with Gasteiger partial charge in [-0.15, -0.1) is 0 Å². The molecule has 0 aliphatic rings. The Morgan fingerprint density at radius 2 is 1.85 bits per heavy atom. The summed E-state index contributed by atoms with van der Waals surface area (Å²) in [6, 6.07) is 11.4. The molecule has 2 atom stereocenters. The summed E-state index contributed by atoms with van der Waals surface area (Å²) >= 11 is 6.03. The van der Waals surface area contributed by atoms with Crippen molar-refractivity contribution >= 4 is 29.2 Å². The number of benzene rings is 2. The van der Waals surface area contributed by atoms with Gasteiger partial charge in [-0.05, 0) is 62.2 Å². The van der Waals surface area contributed by atoms with Crippen LogP contribution >= 0.6 is 11.6 Å². The highest BCUT2D eigenvalue weighted by Crippen LogP contribution is 2.27. The van der Waals surface area contributed by atoms with Crippen LogP contribution in [0.25, 0.3) is 0 Å². The molecule has 4 rings (SSSR count). The second-order valence-corrected chi connectivity index (χ2v) is 9.32. The zero-order valence-electron chi connectivity index (χ0n) is 21.8. The number of hydrogen-bond donors (Lipinski definition) is 1. The van der Waals surface area contributed by atoms with Gasteiger partial charge in [-0.25, -0.2) is 19.1 Å². The maximum Gasteiger partial charge on any atom is 0.355 e. The van der Waals surface area contributed by atoms with Crippen LogP contribution in [0.5, 0.6) is 11.6 Å². The SMILES string of the molecule is COC(=O)[C@H](C)[C@H](C)n1c(=O)nc(Nc2ccc(Oc3cnccn3)c(C)c2)n(Cc2ccc(Cl)cc2)c1=O. The first-order valence-corrected chi connectivity index (χ1v) is 12.4. The molecule has 0 aliphatic carbocycles. The minimum absolute atomic E-state index is 0.0381. The number of carbonyl (C=O) groups excluding carboxylic acids is 1. The van der Waals surface area contributed by atoms with Crippen LogP contribution in [-0.2, 0) is 16.1 Å². The molecule has 0 fully saturated rings. The van der Waals surface area contributed by atoms with Crippen LogP contribution in [0.3, 0.4) is 0 Å². The number of nitrogens with one attached hydrogen (secondary N) is 1. The molecule has 39 heavy (non-hydrogen) atoms. The molecule has 0 unspecified atom stereocenters. The molecule has 1 N–H and O–H groups in total. The lowest BCUT2D eigenvalue weighted by molar-refractivity contribution is -0.146. The highest BCUT2D eigenvalue weighted by atomic mass is 35.5. The van der Waals surface area contributed by atoms with Crippen LogP contribution in [0, 0.1) is 12.8 Å². The van der Waals surface area contributed by atoms with E-state index in [0.717, 1.165) is 15.7 Å². The molecule has 2 aromatic heterocycles. The van der Waals surface area contributed by atoms with Gasteiger partial charge in [-0.3, -0.25) is 14.3 Å². The maximum absolute atomic E-state index is 13.7. The molecular formula is C27H27ClN6O5. The Labute approximate surface area is 229 Å². The van der Waals surface area contributed by atoms with E-state index in [1.165, 1.54) is 24.1 Å². The molecular weight excluding hydrogens is 524 g/mol. The van der Waals surface area contributed by atoms with Gasteiger partial charge >= 0.3 is 17.3 Å². The topological polar surface area (TPSA) is 130 Å². The van der Waals surface area contributed by atoms with E-state index < -0.39 is 29.3 Å². The van der Waals surface area contributed by atoms with Crippen molar-refractivity contribution in [3.63, 3.8) is 0 Å². The predicted octanol–water partition coefficient (Wildman–Crippen LogP) is 4.11. The number of methoxy groups -OCH3 is 1. The molecule has 0 aliphatic heterocycles. The van der Waals surface area contributed by atoms with Crippen molar-refractivity contribution in [3.8, 4) is 11.6 Å². The first-order chi connectivity index (χ1) is 18.7. The number of halogens is 1. The maximum atomic E-state index is 13.7. The standard InChI is InChI=1S/C27H27ClN6O5/c1-16-13-21(9-10-22(16)39-23-14-29-11-12-30-23)31-25-32-26(36)34(18(3)17(2)24(35)38-4)27(37)33(25)15-19-5-7-20(28)8-6-19/h5-14,17-18H,15H2,1-4H3,(H,31,32,36)/t17-,18+/m1/s1. The number of esters is 1. The quantitative estimate of drug-likeness (QED) is 0.306. The molecule has 11 nitrogen and oxygen atoms in total. The van der Waals surface area contributed by atoms with Crippen LogP contribution < -0.4 is 21.4 Å². The number of rotatable bonds is 9. The fourth-order valence-corrected chi connectivity index (χ4v) is 4.02. The molecule has 0 radical (unpaired) electrons. The normalized spacial score (nSPS) is 12.4. The van der Waals surface area contributed by atoms with Crippen molar-refractivity contribution in [2.75, 3.05) is 12.4 Å². The predicted molar refractivity (Wildman–Crippen MR) is 146 cm³/mol. The molecule has 202 valence electrons. The van der Waals surface area contributed by atoms with Gasteiger partial charge in [0, 0.05) is 23.1 Å². The van der Waals surface area contributed by atoms with E-state index >= 15 is 0 Å². The van der Waals surface area contributed by atoms with Gasteiger partial charge in [-0.1, -0.05) is 23.7 Å². The molecule has 2 heterocycles. The summed E-state index contributed by atoms with van der Waals surface area (Å²) in [6.07, 6.45) is 4.58. The third kappa shape index (κ3) is 6.32. The Kier molecular flexibility index (Phi) is 8.40. The number of anilines is 2. The Balaban J connectivity index is 1.73. The third-order valence-electron chi connectivity index (χ3n) is 6.24. The van der Waals surface area contributed by atoms with E-state index in [2.05, 4.69) is 20.3 Å². The van der Waals surface area contributed by atoms with Gasteiger partial charge in [0.25, 0.3) is 0 Å². The largest absolute Gasteiger partial charge is 0.469 e. The van der Waals surface area contributed by atoms with Crippen LogP contribution in [0.1, 0.15) is 31.0 Å². The molecule has 0 saturated heterocycles. The average molecular weight is 551 g/mol. The molecule has 0 spiro atoms. The number of nitrogens with zero attached hydrogens (tertiary/aromatic N) is 5. The van der Waals surface area contributed by atoms with Crippen LogP contribution in [0.4, 0.5) is 11.6 Å². The summed E-state index contributed by atoms with van der Waals surface area (Å²) < 4.78 is 12.9. The van der Waals surface area contributed by atoms with Gasteiger partial charge in [0.05, 0.1) is 31.8 Å². The van der Waals surface area contributed by atoms with Gasteiger partial charge in [0.1, 0.15) is 5.75 Å². The molecule has 4 aromatic rings. The van der Waals surface area contributed by atoms with E-state index in [-0.39, 0.29) is 12.5 Å². The lowest BCUT2D eigenvalue weighted by atomic mass is 10.0.